The van der Waals surface area contributed by atoms with Crippen LogP contribution in [-0.2, 0) is 9.53 Å². The zero-order chi connectivity index (χ0) is 20.5. The smallest absolute Gasteiger partial charge is 0.223 e. The number of hydrogen-bond acceptors (Lipinski definition) is 7. The van der Waals surface area contributed by atoms with Crippen LogP contribution in [0.2, 0.25) is 0 Å². The Hall–Kier alpha value is -2.78. The van der Waals surface area contributed by atoms with Crippen LogP contribution >= 0.6 is 0 Å². The minimum absolute atomic E-state index is 0.397. The molecule has 3 aromatic rings. The number of aromatic nitrogens is 1. The second kappa shape index (κ2) is 7.92. The molecular formula is C21H22N2O6. The number of nitrogens with zero attached hydrogens (tertiary/aromatic N) is 1. The van der Waals surface area contributed by atoms with E-state index in [0.717, 1.165) is 16.3 Å². The van der Waals surface area contributed by atoms with Crippen molar-refractivity contribution in [1.82, 2.24) is 10.3 Å². The molecule has 0 radical (unpaired) electrons. The number of rotatable bonds is 4. The van der Waals surface area contributed by atoms with Crippen molar-refractivity contribution in [2.75, 3.05) is 6.61 Å². The monoisotopic (exact) mass is 398 g/mol. The number of fused-ring (bicyclic) bond motifs is 2. The second-order valence-corrected chi connectivity index (χ2v) is 7.06. The van der Waals surface area contributed by atoms with Crippen LogP contribution in [0.3, 0.4) is 0 Å². The molecule has 8 heteroatoms. The first kappa shape index (κ1) is 19.5. The van der Waals surface area contributed by atoms with Gasteiger partial charge in [0.15, 0.2) is 0 Å². The summed E-state index contributed by atoms with van der Waals surface area (Å²) in [6.45, 7) is 0.781. The summed E-state index contributed by atoms with van der Waals surface area (Å²) in [5, 5.41) is 34.4. The Morgan fingerprint density at radius 3 is 2.66 bits per heavy atom. The molecule has 0 saturated carbocycles. The van der Waals surface area contributed by atoms with Gasteiger partial charge < -0.3 is 30.1 Å². The first-order valence-electron chi connectivity index (χ1n) is 9.32. The van der Waals surface area contributed by atoms with Crippen LogP contribution in [-0.4, -0.2) is 63.5 Å². The highest BCUT2D eigenvalue weighted by Crippen LogP contribution is 2.30. The van der Waals surface area contributed by atoms with E-state index < -0.39 is 43.2 Å². The molecule has 1 amide bonds. The molecule has 0 unspecified atom stereocenters. The van der Waals surface area contributed by atoms with Crippen LogP contribution in [0.15, 0.2) is 48.5 Å². The first-order chi connectivity index (χ1) is 14.0. The van der Waals surface area contributed by atoms with Crippen LogP contribution in [0.5, 0.6) is 5.75 Å². The molecule has 8 nitrogen and oxygen atoms in total. The van der Waals surface area contributed by atoms with Gasteiger partial charge >= 0.3 is 0 Å². The van der Waals surface area contributed by atoms with Crippen molar-refractivity contribution in [3.05, 3.63) is 48.5 Å². The van der Waals surface area contributed by atoms with E-state index in [1.165, 1.54) is 6.92 Å². The summed E-state index contributed by atoms with van der Waals surface area (Å²) < 4.78 is 11.6. The molecule has 2 heterocycles. The standard InChI is InChI=1S/C21H22N2O6/c1-11(25)22-18-20(27)19(26)16(10-24)29-21(18)28-15-8-4-6-13-9-12-5-2-3-7-14(12)23-17(13)15/h2-9,16,18-21,24,26-27H,10H2,1H3,(H,22,25)/t16-,18-,19+,20-,21-/m1/s1. The molecule has 1 aliphatic rings. The van der Waals surface area contributed by atoms with Crippen molar-refractivity contribution >= 4 is 27.7 Å². The molecule has 4 N–H and O–H groups in total. The normalized spacial score (nSPS) is 27.1. The SMILES string of the molecule is CC(=O)N[C@H]1[C@H](Oc2cccc3cc4ccccc4nc23)O[C@H](CO)[C@H](O)[C@@H]1O. The summed E-state index contributed by atoms with van der Waals surface area (Å²) in [6, 6.07) is 14.1. The van der Waals surface area contributed by atoms with E-state index in [2.05, 4.69) is 10.3 Å². The van der Waals surface area contributed by atoms with Gasteiger partial charge in [0.05, 0.1) is 12.1 Å². The Kier molecular flexibility index (Phi) is 5.33. The van der Waals surface area contributed by atoms with Crippen molar-refractivity contribution in [1.29, 1.82) is 0 Å². The molecule has 0 bridgehead atoms. The molecule has 0 aliphatic carbocycles. The lowest BCUT2D eigenvalue weighted by molar-refractivity contribution is -0.244. The molecule has 5 atom stereocenters. The summed E-state index contributed by atoms with van der Waals surface area (Å²) in [5.41, 5.74) is 1.39. The summed E-state index contributed by atoms with van der Waals surface area (Å²) in [6.07, 6.45) is -4.93. The third-order valence-electron chi connectivity index (χ3n) is 5.00. The lowest BCUT2D eigenvalue weighted by Crippen LogP contribution is -2.65. The molecule has 1 saturated heterocycles. The number of pyridine rings is 1. The van der Waals surface area contributed by atoms with Gasteiger partial charge in [-0.15, -0.1) is 0 Å². The minimum atomic E-state index is -1.38. The third-order valence-corrected chi connectivity index (χ3v) is 5.00. The lowest BCUT2D eigenvalue weighted by Gasteiger charge is -2.42. The van der Waals surface area contributed by atoms with Crippen LogP contribution in [0.1, 0.15) is 6.92 Å². The molecule has 29 heavy (non-hydrogen) atoms. The van der Waals surface area contributed by atoms with Gasteiger partial charge in [-0.3, -0.25) is 4.79 Å². The van der Waals surface area contributed by atoms with Gasteiger partial charge in [-0.1, -0.05) is 30.3 Å². The van der Waals surface area contributed by atoms with Crippen molar-refractivity contribution in [3.63, 3.8) is 0 Å². The van der Waals surface area contributed by atoms with Gasteiger partial charge in [0.2, 0.25) is 12.2 Å². The largest absolute Gasteiger partial charge is 0.460 e. The van der Waals surface area contributed by atoms with Gasteiger partial charge in [-0.25, -0.2) is 4.98 Å². The average Bonchev–Trinajstić information content (AvgIpc) is 2.72. The van der Waals surface area contributed by atoms with Gasteiger partial charge in [0.1, 0.15) is 35.6 Å². The van der Waals surface area contributed by atoms with E-state index in [0.29, 0.717) is 11.3 Å². The van der Waals surface area contributed by atoms with Crippen LogP contribution < -0.4 is 10.1 Å². The Morgan fingerprint density at radius 2 is 1.90 bits per heavy atom. The summed E-state index contributed by atoms with van der Waals surface area (Å²) >= 11 is 0. The molecule has 1 aromatic heterocycles. The van der Waals surface area contributed by atoms with Crippen LogP contribution in [0.25, 0.3) is 21.8 Å². The number of nitrogens with one attached hydrogen (secondary N) is 1. The van der Waals surface area contributed by atoms with Gasteiger partial charge in [-0.2, -0.15) is 0 Å². The Labute approximate surface area is 166 Å². The zero-order valence-electron chi connectivity index (χ0n) is 15.7. The fourth-order valence-corrected chi connectivity index (χ4v) is 3.57. The minimum Gasteiger partial charge on any atom is -0.460 e. The number of carbonyl (C=O) groups excluding carboxylic acids is 1. The Balaban J connectivity index is 1.72. The van der Waals surface area contributed by atoms with Crippen molar-refractivity contribution in [2.24, 2.45) is 0 Å². The molecule has 0 spiro atoms. The van der Waals surface area contributed by atoms with E-state index in [1.54, 1.807) is 12.1 Å². The second-order valence-electron chi connectivity index (χ2n) is 7.06. The van der Waals surface area contributed by atoms with E-state index in [-0.39, 0.29) is 0 Å². The highest BCUT2D eigenvalue weighted by Gasteiger charge is 2.46. The summed E-state index contributed by atoms with van der Waals surface area (Å²) in [5.74, 6) is -0.0168. The maximum atomic E-state index is 11.6. The van der Waals surface area contributed by atoms with Gasteiger partial charge in [0, 0.05) is 17.7 Å². The lowest BCUT2D eigenvalue weighted by atomic mass is 9.97. The maximum absolute atomic E-state index is 11.6. The number of amides is 1. The van der Waals surface area contributed by atoms with E-state index in [1.807, 2.05) is 36.4 Å². The van der Waals surface area contributed by atoms with Gasteiger partial charge in [0.25, 0.3) is 0 Å². The Bertz CT molecular complexity index is 1040. The number of para-hydroxylation sites is 2. The molecule has 4 rings (SSSR count). The molecular weight excluding hydrogens is 376 g/mol. The van der Waals surface area contributed by atoms with Crippen molar-refractivity contribution in [2.45, 2.75) is 37.6 Å². The van der Waals surface area contributed by atoms with Crippen molar-refractivity contribution in [3.8, 4) is 5.75 Å². The number of carbonyl (C=O) groups is 1. The topological polar surface area (TPSA) is 121 Å². The van der Waals surface area contributed by atoms with E-state index >= 15 is 0 Å². The number of benzene rings is 2. The molecule has 1 aliphatic heterocycles. The van der Waals surface area contributed by atoms with Crippen molar-refractivity contribution < 1.29 is 29.6 Å². The maximum Gasteiger partial charge on any atom is 0.223 e. The zero-order valence-corrected chi connectivity index (χ0v) is 15.7. The highest BCUT2D eigenvalue weighted by molar-refractivity contribution is 5.95. The average molecular weight is 398 g/mol. The summed E-state index contributed by atoms with van der Waals surface area (Å²) in [7, 11) is 0. The molecule has 152 valence electrons. The fourth-order valence-electron chi connectivity index (χ4n) is 3.57. The van der Waals surface area contributed by atoms with Gasteiger partial charge in [-0.05, 0) is 18.2 Å². The third kappa shape index (κ3) is 3.75. The predicted octanol–water partition coefficient (Wildman–Crippen LogP) is 0.710. The number of aliphatic hydroxyl groups is 3. The van der Waals surface area contributed by atoms with E-state index in [9.17, 15) is 20.1 Å². The van der Waals surface area contributed by atoms with Crippen LogP contribution in [0, 0.1) is 0 Å². The molecule has 2 aromatic carbocycles. The predicted molar refractivity (Wildman–Crippen MR) is 105 cm³/mol. The number of hydrogen-bond donors (Lipinski definition) is 4. The Morgan fingerprint density at radius 1 is 1.14 bits per heavy atom. The first-order valence-corrected chi connectivity index (χ1v) is 9.32. The number of aliphatic hydroxyl groups excluding tert-OH is 3. The highest BCUT2D eigenvalue weighted by atomic mass is 16.7. The number of ether oxygens (including phenoxy) is 2. The van der Waals surface area contributed by atoms with Crippen LogP contribution in [0.4, 0.5) is 0 Å². The molecule has 1 fully saturated rings. The van der Waals surface area contributed by atoms with E-state index in [4.69, 9.17) is 9.47 Å². The quantitative estimate of drug-likeness (QED) is 0.478. The summed E-state index contributed by atoms with van der Waals surface area (Å²) in [4.78, 5) is 16.3. The fraction of sp³-hybridized carbons (Fsp3) is 0.333.